The van der Waals surface area contributed by atoms with Gasteiger partial charge in [-0.1, -0.05) is 0 Å². The van der Waals surface area contributed by atoms with Crippen LogP contribution in [0.5, 0.6) is 17.2 Å². The van der Waals surface area contributed by atoms with Crippen LogP contribution in [0.3, 0.4) is 0 Å². The summed E-state index contributed by atoms with van der Waals surface area (Å²) in [7, 11) is 1.55. The monoisotopic (exact) mass is 530 g/mol. The predicted octanol–water partition coefficient (Wildman–Crippen LogP) is 3.66. The standard InChI is InChI=1S/C24H23F5N2O6/c1-34-14-2-4-15(5-3-14)35-11-16-10-31(24(33)37-16)13-6-8-30(9-7-13)17(32)12-36-23-21(28)19(26)18(25)20(27)22(23)29/h2-5,13,16H,6-12H2,1H3. The van der Waals surface area contributed by atoms with Crippen LogP contribution in [0.2, 0.25) is 0 Å². The molecule has 200 valence electrons. The molecule has 0 spiro atoms. The number of hydrogen-bond acceptors (Lipinski definition) is 6. The summed E-state index contributed by atoms with van der Waals surface area (Å²) in [5.74, 6) is -11.9. The maximum absolute atomic E-state index is 13.7. The zero-order valence-corrected chi connectivity index (χ0v) is 19.6. The Hall–Kier alpha value is -3.77. The lowest BCUT2D eigenvalue weighted by atomic mass is 10.0. The Balaban J connectivity index is 1.25. The molecule has 1 unspecified atom stereocenters. The fourth-order valence-corrected chi connectivity index (χ4v) is 4.15. The van der Waals surface area contributed by atoms with Gasteiger partial charge >= 0.3 is 6.09 Å². The van der Waals surface area contributed by atoms with Gasteiger partial charge in [0, 0.05) is 19.1 Å². The third-order valence-corrected chi connectivity index (χ3v) is 6.17. The van der Waals surface area contributed by atoms with Crippen LogP contribution in [0.25, 0.3) is 0 Å². The molecule has 2 aromatic carbocycles. The lowest BCUT2D eigenvalue weighted by Crippen LogP contribution is -2.48. The van der Waals surface area contributed by atoms with Crippen LogP contribution in [0.1, 0.15) is 12.8 Å². The molecule has 0 aromatic heterocycles. The van der Waals surface area contributed by atoms with Gasteiger partial charge in [-0.15, -0.1) is 0 Å². The van der Waals surface area contributed by atoms with E-state index in [9.17, 15) is 31.5 Å². The minimum atomic E-state index is -2.31. The van der Waals surface area contributed by atoms with E-state index in [1.807, 2.05) is 0 Å². The maximum atomic E-state index is 13.7. The third-order valence-electron chi connectivity index (χ3n) is 6.17. The molecule has 0 saturated carbocycles. The van der Waals surface area contributed by atoms with Crippen molar-refractivity contribution in [3.05, 3.63) is 53.4 Å². The maximum Gasteiger partial charge on any atom is 0.410 e. The number of methoxy groups -OCH3 is 1. The summed E-state index contributed by atoms with van der Waals surface area (Å²) in [5, 5.41) is 0. The van der Waals surface area contributed by atoms with Crippen LogP contribution in [-0.2, 0) is 9.53 Å². The molecule has 0 aliphatic carbocycles. The molecule has 2 aromatic rings. The quantitative estimate of drug-likeness (QED) is 0.295. The Morgan fingerprint density at radius 2 is 1.49 bits per heavy atom. The fourth-order valence-electron chi connectivity index (χ4n) is 4.15. The molecule has 4 rings (SSSR count). The molecule has 2 aliphatic heterocycles. The lowest BCUT2D eigenvalue weighted by Gasteiger charge is -2.35. The number of amides is 2. The molecule has 8 nitrogen and oxygen atoms in total. The lowest BCUT2D eigenvalue weighted by molar-refractivity contribution is -0.134. The molecule has 0 radical (unpaired) electrons. The summed E-state index contributed by atoms with van der Waals surface area (Å²) in [6.45, 7) is -0.0705. The van der Waals surface area contributed by atoms with Gasteiger partial charge in [-0.25, -0.2) is 18.0 Å². The first-order chi connectivity index (χ1) is 17.7. The summed E-state index contributed by atoms with van der Waals surface area (Å²) in [6, 6.07) is 6.74. The summed E-state index contributed by atoms with van der Waals surface area (Å²) >= 11 is 0. The van der Waals surface area contributed by atoms with Gasteiger partial charge < -0.3 is 28.7 Å². The largest absolute Gasteiger partial charge is 0.497 e. The first-order valence-electron chi connectivity index (χ1n) is 11.4. The molecule has 2 aliphatic rings. The topological polar surface area (TPSA) is 77.5 Å². The number of hydrogen-bond donors (Lipinski definition) is 0. The minimum absolute atomic E-state index is 0.154. The molecular weight excluding hydrogens is 507 g/mol. The molecule has 0 bridgehead atoms. The van der Waals surface area contributed by atoms with Gasteiger partial charge in [0.1, 0.15) is 18.1 Å². The van der Waals surface area contributed by atoms with Crippen molar-refractivity contribution in [3.8, 4) is 17.2 Å². The Kier molecular flexibility index (Phi) is 7.89. The smallest absolute Gasteiger partial charge is 0.410 e. The van der Waals surface area contributed by atoms with E-state index in [-0.39, 0.29) is 25.7 Å². The van der Waals surface area contributed by atoms with Crippen molar-refractivity contribution in [1.29, 1.82) is 0 Å². The highest BCUT2D eigenvalue weighted by Gasteiger charge is 2.38. The summed E-state index contributed by atoms with van der Waals surface area (Å²) in [5.41, 5.74) is 0. The predicted molar refractivity (Wildman–Crippen MR) is 117 cm³/mol. The number of carbonyl (C=O) groups excluding carboxylic acids is 2. The number of carbonyl (C=O) groups is 2. The number of halogens is 5. The molecule has 0 N–H and O–H groups in total. The van der Waals surface area contributed by atoms with Crippen LogP contribution in [-0.4, -0.2) is 73.9 Å². The van der Waals surface area contributed by atoms with Gasteiger partial charge in [-0.2, -0.15) is 8.78 Å². The van der Waals surface area contributed by atoms with Gasteiger partial charge in [0.25, 0.3) is 5.91 Å². The highest BCUT2D eigenvalue weighted by Crippen LogP contribution is 2.29. The third kappa shape index (κ3) is 5.65. The second-order valence-electron chi connectivity index (χ2n) is 8.44. The van der Waals surface area contributed by atoms with Crippen molar-refractivity contribution in [2.75, 3.05) is 40.0 Å². The molecule has 1 atom stereocenters. The number of likely N-dealkylation sites (tertiary alicyclic amines) is 1. The van der Waals surface area contributed by atoms with E-state index < -0.39 is 59.5 Å². The van der Waals surface area contributed by atoms with Crippen molar-refractivity contribution in [3.63, 3.8) is 0 Å². The minimum Gasteiger partial charge on any atom is -0.497 e. The van der Waals surface area contributed by atoms with Crippen molar-refractivity contribution >= 4 is 12.0 Å². The van der Waals surface area contributed by atoms with Gasteiger partial charge in [-0.05, 0) is 37.1 Å². The Labute approximate surface area is 208 Å². The van der Waals surface area contributed by atoms with Gasteiger partial charge in [0.05, 0.1) is 13.7 Å². The number of nitrogens with zero attached hydrogens (tertiary/aromatic N) is 2. The van der Waals surface area contributed by atoms with Crippen LogP contribution < -0.4 is 14.2 Å². The average Bonchev–Trinajstić information content (AvgIpc) is 3.30. The average molecular weight is 530 g/mol. The second-order valence-corrected chi connectivity index (χ2v) is 8.44. The zero-order chi connectivity index (χ0) is 26.7. The highest BCUT2D eigenvalue weighted by atomic mass is 19.2. The van der Waals surface area contributed by atoms with Crippen LogP contribution in [0.15, 0.2) is 24.3 Å². The van der Waals surface area contributed by atoms with E-state index in [1.165, 1.54) is 4.90 Å². The first-order valence-corrected chi connectivity index (χ1v) is 11.4. The number of ether oxygens (including phenoxy) is 4. The summed E-state index contributed by atoms with van der Waals surface area (Å²) in [6.07, 6.45) is -0.183. The number of rotatable bonds is 8. The Bertz CT molecular complexity index is 1130. The van der Waals surface area contributed by atoms with Crippen molar-refractivity contribution in [2.45, 2.75) is 25.0 Å². The number of piperidine rings is 1. The van der Waals surface area contributed by atoms with Gasteiger partial charge in [0.2, 0.25) is 29.1 Å². The molecule has 2 heterocycles. The number of cyclic esters (lactones) is 1. The van der Waals surface area contributed by atoms with Crippen molar-refractivity contribution in [2.24, 2.45) is 0 Å². The molecular formula is C24H23F5N2O6. The van der Waals surface area contributed by atoms with E-state index in [0.29, 0.717) is 30.9 Å². The van der Waals surface area contributed by atoms with Crippen molar-refractivity contribution < 1.29 is 50.5 Å². The molecule has 13 heteroatoms. The van der Waals surface area contributed by atoms with Crippen LogP contribution in [0, 0.1) is 29.1 Å². The van der Waals surface area contributed by atoms with Gasteiger partial charge in [-0.3, -0.25) is 4.79 Å². The van der Waals surface area contributed by atoms with E-state index in [2.05, 4.69) is 4.74 Å². The van der Waals surface area contributed by atoms with E-state index in [0.717, 1.165) is 0 Å². The van der Waals surface area contributed by atoms with E-state index in [1.54, 1.807) is 36.3 Å². The molecule has 37 heavy (non-hydrogen) atoms. The fraction of sp³-hybridized carbons (Fsp3) is 0.417. The summed E-state index contributed by atoms with van der Waals surface area (Å²) in [4.78, 5) is 27.7. The highest BCUT2D eigenvalue weighted by molar-refractivity contribution is 5.78. The zero-order valence-electron chi connectivity index (χ0n) is 19.6. The van der Waals surface area contributed by atoms with Crippen LogP contribution >= 0.6 is 0 Å². The van der Waals surface area contributed by atoms with E-state index in [4.69, 9.17) is 14.2 Å². The molecule has 2 amide bonds. The summed E-state index contributed by atoms with van der Waals surface area (Å²) < 4.78 is 88.0. The molecule has 2 fully saturated rings. The van der Waals surface area contributed by atoms with Crippen LogP contribution in [0.4, 0.5) is 26.7 Å². The number of benzene rings is 2. The van der Waals surface area contributed by atoms with E-state index >= 15 is 0 Å². The normalized spacial score (nSPS) is 18.1. The van der Waals surface area contributed by atoms with Crippen molar-refractivity contribution in [1.82, 2.24) is 9.80 Å². The SMILES string of the molecule is COc1ccc(OCC2CN(C3CCN(C(=O)COc4c(F)c(F)c(F)c(F)c4F)CC3)C(=O)O2)cc1. The van der Waals surface area contributed by atoms with Gasteiger partial charge in [0.15, 0.2) is 18.5 Å². The Morgan fingerprint density at radius 3 is 2.08 bits per heavy atom. The molecule has 2 saturated heterocycles. The Morgan fingerprint density at radius 1 is 0.919 bits per heavy atom. The second kappa shape index (κ2) is 11.1. The first kappa shape index (κ1) is 26.3.